The molecule has 1 aromatic heterocycles. The highest BCUT2D eigenvalue weighted by Crippen LogP contribution is 2.25. The van der Waals surface area contributed by atoms with Crippen LogP contribution in [0.2, 0.25) is 5.02 Å². The van der Waals surface area contributed by atoms with Crippen molar-refractivity contribution in [3.8, 4) is 11.4 Å². The molecule has 0 fully saturated rings. The molecule has 106 valence electrons. The molecule has 0 spiro atoms. The van der Waals surface area contributed by atoms with Gasteiger partial charge in [0.05, 0.1) is 13.2 Å². The summed E-state index contributed by atoms with van der Waals surface area (Å²) >= 11 is 7.52. The molecule has 0 bridgehead atoms. The zero-order chi connectivity index (χ0) is 14.4. The molecule has 0 saturated heterocycles. The van der Waals surface area contributed by atoms with Gasteiger partial charge in [0.25, 0.3) is 0 Å². The maximum atomic E-state index is 5.92. The summed E-state index contributed by atoms with van der Waals surface area (Å²) in [5.41, 5.74) is 0.989. The lowest BCUT2D eigenvalue weighted by Crippen LogP contribution is -2.07. The van der Waals surface area contributed by atoms with Crippen molar-refractivity contribution in [2.24, 2.45) is 0 Å². The molecule has 0 aliphatic carbocycles. The highest BCUT2D eigenvalue weighted by atomic mass is 35.5. The van der Waals surface area contributed by atoms with Crippen molar-refractivity contribution in [2.75, 3.05) is 19.5 Å². The molecule has 0 aliphatic rings. The molecule has 0 saturated carbocycles. The number of ether oxygens (including phenoxy) is 1. The third kappa shape index (κ3) is 3.62. The molecule has 0 N–H and O–H groups in total. The van der Waals surface area contributed by atoms with E-state index in [4.69, 9.17) is 16.3 Å². The lowest BCUT2D eigenvalue weighted by molar-refractivity contribution is 0.185. The molecule has 4 nitrogen and oxygen atoms in total. The molecule has 20 heavy (non-hydrogen) atoms. The summed E-state index contributed by atoms with van der Waals surface area (Å²) in [6.07, 6.45) is 1.85. The van der Waals surface area contributed by atoms with Crippen molar-refractivity contribution in [1.82, 2.24) is 14.8 Å². The largest absolute Gasteiger partial charge is 0.383 e. The summed E-state index contributed by atoms with van der Waals surface area (Å²) < 4.78 is 7.21. The van der Waals surface area contributed by atoms with E-state index in [1.807, 2.05) is 30.3 Å². The van der Waals surface area contributed by atoms with E-state index in [-0.39, 0.29) is 0 Å². The zero-order valence-electron chi connectivity index (χ0n) is 11.3. The molecule has 0 atom stereocenters. The van der Waals surface area contributed by atoms with Crippen LogP contribution in [0.4, 0.5) is 0 Å². The van der Waals surface area contributed by atoms with Crippen LogP contribution in [0.25, 0.3) is 11.4 Å². The minimum atomic E-state index is 0.611. The maximum absolute atomic E-state index is 5.92. The number of rotatable bonds is 7. The van der Waals surface area contributed by atoms with Gasteiger partial charge in [-0.05, 0) is 24.3 Å². The summed E-state index contributed by atoms with van der Waals surface area (Å²) in [4.78, 5) is 0. The Balaban J connectivity index is 2.33. The van der Waals surface area contributed by atoms with Gasteiger partial charge >= 0.3 is 0 Å². The van der Waals surface area contributed by atoms with Crippen LogP contribution in [0.1, 0.15) is 0 Å². The summed E-state index contributed by atoms with van der Waals surface area (Å²) in [5.74, 6) is 1.62. The van der Waals surface area contributed by atoms with Crippen molar-refractivity contribution in [3.63, 3.8) is 0 Å². The average molecular weight is 310 g/mol. The first-order valence-electron chi connectivity index (χ1n) is 6.18. The second kappa shape index (κ2) is 7.47. The maximum Gasteiger partial charge on any atom is 0.191 e. The molecule has 0 amide bonds. The topological polar surface area (TPSA) is 39.9 Å². The molecule has 2 rings (SSSR count). The number of halogens is 1. The van der Waals surface area contributed by atoms with E-state index in [9.17, 15) is 0 Å². The molecular formula is C14H16ClN3OS. The normalized spacial score (nSPS) is 10.7. The van der Waals surface area contributed by atoms with Gasteiger partial charge in [-0.1, -0.05) is 29.4 Å². The minimum Gasteiger partial charge on any atom is -0.383 e. The zero-order valence-corrected chi connectivity index (χ0v) is 12.8. The highest BCUT2D eigenvalue weighted by molar-refractivity contribution is 7.99. The Morgan fingerprint density at radius 1 is 1.35 bits per heavy atom. The third-order valence-electron chi connectivity index (χ3n) is 2.67. The number of benzene rings is 1. The fourth-order valence-electron chi connectivity index (χ4n) is 1.73. The number of hydrogen-bond donors (Lipinski definition) is 0. The van der Waals surface area contributed by atoms with Gasteiger partial charge in [-0.25, -0.2) is 0 Å². The minimum absolute atomic E-state index is 0.611. The van der Waals surface area contributed by atoms with Gasteiger partial charge in [0.1, 0.15) is 0 Å². The van der Waals surface area contributed by atoms with Crippen LogP contribution in [0.3, 0.4) is 0 Å². The van der Waals surface area contributed by atoms with E-state index in [1.165, 1.54) is 0 Å². The predicted octanol–water partition coefficient (Wildman–Crippen LogP) is 3.52. The predicted molar refractivity (Wildman–Crippen MR) is 83.3 cm³/mol. The fraction of sp³-hybridized carbons (Fsp3) is 0.286. The van der Waals surface area contributed by atoms with Crippen LogP contribution in [0, 0.1) is 0 Å². The van der Waals surface area contributed by atoms with E-state index in [0.29, 0.717) is 18.2 Å². The highest BCUT2D eigenvalue weighted by Gasteiger charge is 2.13. The second-order valence-corrected chi connectivity index (χ2v) is 5.48. The smallest absolute Gasteiger partial charge is 0.191 e. The molecular weight excluding hydrogens is 294 g/mol. The molecule has 1 heterocycles. The van der Waals surface area contributed by atoms with Crippen LogP contribution in [0.15, 0.2) is 42.1 Å². The number of methoxy groups -OCH3 is 1. The number of thioether (sulfide) groups is 1. The van der Waals surface area contributed by atoms with Gasteiger partial charge in [-0.15, -0.1) is 16.8 Å². The van der Waals surface area contributed by atoms with Crippen molar-refractivity contribution in [2.45, 2.75) is 11.7 Å². The standard InChI is InChI=1S/C14H16ClN3OS/c1-3-10-20-14-17-16-13(18(14)8-9-19-2)11-4-6-12(15)7-5-11/h3-7H,1,8-10H2,2H3. The number of aromatic nitrogens is 3. The second-order valence-electron chi connectivity index (χ2n) is 4.06. The molecule has 0 radical (unpaired) electrons. The van der Waals surface area contributed by atoms with Crippen LogP contribution in [-0.2, 0) is 11.3 Å². The first-order valence-corrected chi connectivity index (χ1v) is 7.54. The third-order valence-corrected chi connectivity index (χ3v) is 3.88. The summed E-state index contributed by atoms with van der Waals surface area (Å²) in [6.45, 7) is 5.05. The monoisotopic (exact) mass is 309 g/mol. The van der Waals surface area contributed by atoms with Crippen LogP contribution >= 0.6 is 23.4 Å². The van der Waals surface area contributed by atoms with Gasteiger partial charge in [0, 0.05) is 23.4 Å². The summed E-state index contributed by atoms with van der Waals surface area (Å²) in [6, 6.07) is 7.58. The van der Waals surface area contributed by atoms with Gasteiger partial charge in [0.15, 0.2) is 11.0 Å². The Kier molecular flexibility index (Phi) is 5.64. The SMILES string of the molecule is C=CCSc1nnc(-c2ccc(Cl)cc2)n1CCOC. The van der Waals surface area contributed by atoms with E-state index in [2.05, 4.69) is 21.3 Å². The first kappa shape index (κ1) is 15.1. The molecule has 0 aliphatic heterocycles. The van der Waals surface area contributed by atoms with Crippen LogP contribution < -0.4 is 0 Å². The molecule has 1 aromatic carbocycles. The number of nitrogens with zero attached hydrogens (tertiary/aromatic N) is 3. The first-order chi connectivity index (χ1) is 9.76. The van der Waals surface area contributed by atoms with Crippen molar-refractivity contribution >= 4 is 23.4 Å². The van der Waals surface area contributed by atoms with Crippen molar-refractivity contribution < 1.29 is 4.74 Å². The van der Waals surface area contributed by atoms with Crippen LogP contribution in [-0.4, -0.2) is 34.2 Å². The average Bonchev–Trinajstić information content (AvgIpc) is 2.86. The van der Waals surface area contributed by atoms with E-state index < -0.39 is 0 Å². The van der Waals surface area contributed by atoms with Crippen molar-refractivity contribution in [3.05, 3.63) is 41.9 Å². The lowest BCUT2D eigenvalue weighted by Gasteiger charge is -2.09. The van der Waals surface area contributed by atoms with Crippen molar-refractivity contribution in [1.29, 1.82) is 0 Å². The van der Waals surface area contributed by atoms with Gasteiger partial charge in [-0.2, -0.15) is 0 Å². The van der Waals surface area contributed by atoms with Gasteiger partial charge in [-0.3, -0.25) is 4.57 Å². The van der Waals surface area contributed by atoms with E-state index >= 15 is 0 Å². The summed E-state index contributed by atoms with van der Waals surface area (Å²) in [7, 11) is 1.68. The van der Waals surface area contributed by atoms with Crippen LogP contribution in [0.5, 0.6) is 0 Å². The van der Waals surface area contributed by atoms with E-state index in [1.54, 1.807) is 18.9 Å². The fourth-order valence-corrected chi connectivity index (χ4v) is 2.55. The number of hydrogen-bond acceptors (Lipinski definition) is 4. The molecule has 6 heteroatoms. The Hall–Kier alpha value is -1.30. The molecule has 0 unspecified atom stereocenters. The van der Waals surface area contributed by atoms with Gasteiger partial charge < -0.3 is 4.74 Å². The Labute approximate surface area is 127 Å². The lowest BCUT2D eigenvalue weighted by atomic mass is 10.2. The van der Waals surface area contributed by atoms with E-state index in [0.717, 1.165) is 22.3 Å². The molecule has 2 aromatic rings. The van der Waals surface area contributed by atoms with Gasteiger partial charge in [0.2, 0.25) is 0 Å². The summed E-state index contributed by atoms with van der Waals surface area (Å²) in [5, 5.41) is 10.1. The quantitative estimate of drug-likeness (QED) is 0.579. The Morgan fingerprint density at radius 2 is 2.10 bits per heavy atom. The Bertz CT molecular complexity index is 568. The Morgan fingerprint density at radius 3 is 2.75 bits per heavy atom.